The molecule has 6 nitrogen and oxygen atoms in total. The molecule has 0 bridgehead atoms. The molecule has 1 aromatic heterocycles. The minimum absolute atomic E-state index is 0.132. The van der Waals surface area contributed by atoms with Crippen LogP contribution in [0.4, 0.5) is 4.39 Å². The Hall–Kier alpha value is -3.19. The van der Waals surface area contributed by atoms with Crippen LogP contribution < -0.4 is 5.73 Å². The zero-order valence-corrected chi connectivity index (χ0v) is 19.4. The van der Waals surface area contributed by atoms with E-state index in [-0.39, 0.29) is 11.8 Å². The molecule has 2 aromatic carbocycles. The molecule has 178 valence electrons. The Morgan fingerprint density at radius 3 is 2.45 bits per heavy atom. The fraction of sp³-hybridized carbons (Fsp3) is 0.385. The lowest BCUT2D eigenvalue weighted by Gasteiger charge is -2.29. The fourth-order valence-corrected chi connectivity index (χ4v) is 3.88. The van der Waals surface area contributed by atoms with Gasteiger partial charge in [0.05, 0.1) is 6.61 Å². The molecule has 7 heteroatoms. The Morgan fingerprint density at radius 1 is 1.15 bits per heavy atom. The molecular formula is C26H34FN3O3. The lowest BCUT2D eigenvalue weighted by atomic mass is 9.90. The van der Waals surface area contributed by atoms with E-state index in [1.165, 1.54) is 35.7 Å². The zero-order valence-electron chi connectivity index (χ0n) is 19.4. The Kier molecular flexibility index (Phi) is 11.1. The number of esters is 1. The van der Waals surface area contributed by atoms with Gasteiger partial charge >= 0.3 is 5.97 Å². The predicted molar refractivity (Wildman–Crippen MR) is 129 cm³/mol. The number of carbonyl (C=O) groups is 2. The summed E-state index contributed by atoms with van der Waals surface area (Å²) in [5.74, 6) is 0.152. The molecule has 1 fully saturated rings. The number of halogens is 1. The van der Waals surface area contributed by atoms with Crippen LogP contribution in [0.25, 0.3) is 10.9 Å². The van der Waals surface area contributed by atoms with Crippen molar-refractivity contribution < 1.29 is 18.7 Å². The molecule has 3 N–H and O–H groups in total. The molecule has 0 radical (unpaired) electrons. The van der Waals surface area contributed by atoms with Crippen molar-refractivity contribution in [1.82, 2.24) is 9.88 Å². The van der Waals surface area contributed by atoms with Gasteiger partial charge in [-0.25, -0.2) is 4.39 Å². The number of amides is 1. The summed E-state index contributed by atoms with van der Waals surface area (Å²) in [6, 6.07) is 14.8. The van der Waals surface area contributed by atoms with Crippen molar-refractivity contribution in [3.63, 3.8) is 0 Å². The van der Waals surface area contributed by atoms with Gasteiger partial charge in [0.25, 0.3) is 0 Å². The second kappa shape index (κ2) is 14.1. The van der Waals surface area contributed by atoms with Crippen LogP contribution in [-0.2, 0) is 20.7 Å². The number of H-pyrrole nitrogens is 1. The minimum atomic E-state index is -0.191. The summed E-state index contributed by atoms with van der Waals surface area (Å²) in [4.78, 5) is 26.7. The molecule has 0 atom stereocenters. The van der Waals surface area contributed by atoms with E-state index in [4.69, 9.17) is 4.74 Å². The molecule has 1 saturated heterocycles. The van der Waals surface area contributed by atoms with E-state index in [0.717, 1.165) is 44.3 Å². The van der Waals surface area contributed by atoms with Crippen LogP contribution in [0.5, 0.6) is 0 Å². The smallest absolute Gasteiger partial charge is 0.306 e. The van der Waals surface area contributed by atoms with Crippen LogP contribution in [-0.4, -0.2) is 49.0 Å². The number of nitrogens with one attached hydrogen (secondary N) is 1. The number of likely N-dealkylation sites (tertiary alicyclic amines) is 1. The van der Waals surface area contributed by atoms with E-state index in [0.29, 0.717) is 18.9 Å². The van der Waals surface area contributed by atoms with E-state index in [1.54, 1.807) is 4.90 Å². The number of aromatic amines is 1. The number of ether oxygens (including phenoxy) is 1. The van der Waals surface area contributed by atoms with Crippen LogP contribution in [0.15, 0.2) is 54.7 Å². The van der Waals surface area contributed by atoms with Gasteiger partial charge < -0.3 is 20.4 Å². The molecule has 1 aliphatic rings. The Labute approximate surface area is 194 Å². The maximum absolute atomic E-state index is 12.7. The summed E-state index contributed by atoms with van der Waals surface area (Å²) in [7, 11) is 1.50. The maximum Gasteiger partial charge on any atom is 0.306 e. The maximum atomic E-state index is 12.7. The zero-order chi connectivity index (χ0) is 24.1. The average Bonchev–Trinajstić information content (AvgIpc) is 3.28. The minimum Gasteiger partial charge on any atom is -0.466 e. The number of hydrogen-bond acceptors (Lipinski definition) is 4. The molecule has 1 amide bonds. The summed E-state index contributed by atoms with van der Waals surface area (Å²) in [5.41, 5.74) is 7.96. The Balaban J connectivity index is 0.000000218. The average molecular weight is 456 g/mol. The monoisotopic (exact) mass is 455 g/mol. The number of para-hydroxylation sites is 1. The summed E-state index contributed by atoms with van der Waals surface area (Å²) in [5, 5.41) is 1.19. The molecule has 4 rings (SSSR count). The summed E-state index contributed by atoms with van der Waals surface area (Å²) < 4.78 is 17.6. The Morgan fingerprint density at radius 2 is 1.82 bits per heavy atom. The van der Waals surface area contributed by atoms with Crippen molar-refractivity contribution >= 4 is 23.3 Å². The highest BCUT2D eigenvalue weighted by molar-refractivity contribution is 5.83. The molecular weight excluding hydrogens is 421 g/mol. The van der Waals surface area contributed by atoms with Gasteiger partial charge in [0.1, 0.15) is 5.82 Å². The summed E-state index contributed by atoms with van der Waals surface area (Å²) in [6.45, 7) is 3.90. The topological polar surface area (TPSA) is 88.4 Å². The third-order valence-corrected chi connectivity index (χ3v) is 5.60. The summed E-state index contributed by atoms with van der Waals surface area (Å²) >= 11 is 0. The standard InChI is InChI=1S/C13H15NO2.C12H14FNO.CH5N/c1-2-16-13(15)8-7-10-9-14-12-6-4-3-5-11(10)12;13-12-3-1-10(2-4-12)11-5-7-14(9-15)8-6-11;1-2/h3-6,9,14H,2,7-8H2,1H3;1-4,9,11H,5-8H2;2H2,1H3. The molecule has 0 spiro atoms. The van der Waals surface area contributed by atoms with Gasteiger partial charge in [0.2, 0.25) is 6.41 Å². The number of hydrogen-bond donors (Lipinski definition) is 2. The number of piperidine rings is 1. The highest BCUT2D eigenvalue weighted by Gasteiger charge is 2.19. The number of nitrogens with zero attached hydrogens (tertiary/aromatic N) is 1. The van der Waals surface area contributed by atoms with Gasteiger partial charge in [-0.15, -0.1) is 0 Å². The third-order valence-electron chi connectivity index (χ3n) is 5.60. The van der Waals surface area contributed by atoms with Crippen molar-refractivity contribution in [3.05, 3.63) is 71.7 Å². The number of fused-ring (bicyclic) bond motifs is 1. The quantitative estimate of drug-likeness (QED) is 0.426. The third kappa shape index (κ3) is 8.02. The number of rotatable bonds is 6. The second-order valence-corrected chi connectivity index (χ2v) is 7.63. The number of carbonyl (C=O) groups excluding carboxylic acids is 2. The van der Waals surface area contributed by atoms with Crippen molar-refractivity contribution in [3.8, 4) is 0 Å². The van der Waals surface area contributed by atoms with Crippen molar-refractivity contribution in [2.24, 2.45) is 5.73 Å². The van der Waals surface area contributed by atoms with Crippen LogP contribution in [0.3, 0.4) is 0 Å². The van der Waals surface area contributed by atoms with Crippen LogP contribution in [0.2, 0.25) is 0 Å². The first kappa shape index (κ1) is 26.1. The van der Waals surface area contributed by atoms with E-state index in [9.17, 15) is 14.0 Å². The number of aryl methyl sites for hydroxylation is 1. The van der Waals surface area contributed by atoms with Gasteiger partial charge in [0.15, 0.2) is 0 Å². The molecule has 0 unspecified atom stereocenters. The summed E-state index contributed by atoms with van der Waals surface area (Å²) in [6.07, 6.45) is 5.98. The molecule has 1 aliphatic heterocycles. The number of nitrogens with two attached hydrogens (primary N) is 1. The lowest BCUT2D eigenvalue weighted by molar-refractivity contribution is -0.143. The highest BCUT2D eigenvalue weighted by Crippen LogP contribution is 2.27. The highest BCUT2D eigenvalue weighted by atomic mass is 19.1. The SMILES string of the molecule is CCOC(=O)CCc1c[nH]c2ccccc12.CN.O=CN1CCC(c2ccc(F)cc2)CC1. The van der Waals surface area contributed by atoms with Crippen molar-refractivity contribution in [2.45, 2.75) is 38.5 Å². The van der Waals surface area contributed by atoms with E-state index >= 15 is 0 Å². The van der Waals surface area contributed by atoms with Gasteiger partial charge in [-0.2, -0.15) is 0 Å². The Bertz CT molecular complexity index is 980. The van der Waals surface area contributed by atoms with E-state index in [1.807, 2.05) is 43.5 Å². The van der Waals surface area contributed by atoms with Crippen molar-refractivity contribution in [2.75, 3.05) is 26.7 Å². The van der Waals surface area contributed by atoms with Crippen molar-refractivity contribution in [1.29, 1.82) is 0 Å². The normalized spacial score (nSPS) is 13.4. The molecule has 0 saturated carbocycles. The second-order valence-electron chi connectivity index (χ2n) is 7.63. The fourth-order valence-electron chi connectivity index (χ4n) is 3.88. The van der Waals surface area contributed by atoms with Gasteiger partial charge in [-0.05, 0) is 68.5 Å². The van der Waals surface area contributed by atoms with E-state index in [2.05, 4.69) is 16.8 Å². The lowest BCUT2D eigenvalue weighted by Crippen LogP contribution is -2.31. The van der Waals surface area contributed by atoms with Gasteiger partial charge in [-0.3, -0.25) is 9.59 Å². The molecule has 33 heavy (non-hydrogen) atoms. The van der Waals surface area contributed by atoms with Gasteiger partial charge in [-0.1, -0.05) is 30.3 Å². The first-order valence-corrected chi connectivity index (χ1v) is 11.3. The largest absolute Gasteiger partial charge is 0.466 e. The molecule has 2 heterocycles. The number of benzene rings is 2. The van der Waals surface area contributed by atoms with Gasteiger partial charge in [0, 0.05) is 36.6 Å². The van der Waals surface area contributed by atoms with Crippen LogP contribution >= 0.6 is 0 Å². The predicted octanol–water partition coefficient (Wildman–Crippen LogP) is 4.40. The number of aromatic nitrogens is 1. The van der Waals surface area contributed by atoms with Crippen LogP contribution in [0.1, 0.15) is 43.2 Å². The first-order valence-electron chi connectivity index (χ1n) is 11.3. The van der Waals surface area contributed by atoms with Crippen LogP contribution in [0, 0.1) is 5.82 Å². The first-order chi connectivity index (χ1) is 16.1. The molecule has 3 aromatic rings. The van der Waals surface area contributed by atoms with E-state index < -0.39 is 0 Å². The molecule has 0 aliphatic carbocycles.